The molecule has 314 valence electrons. The monoisotopic (exact) mass is 812 g/mol. The van der Waals surface area contributed by atoms with Crippen LogP contribution < -0.4 is 34.0 Å². The number of hydrogen-bond acceptors (Lipinski definition) is 21. The SMILES string of the molecule is COCC1OC(n2ccc(=O)[nH]c2=O)C(O)[C@H]1O.COCC1OC(n2ccc(N)nc2=O)C(O)[C@H]1O.COCC1OC(n2cnc3c(=O)[nH]c(N)nc32)C(O)[C@H]1O. The largest absolute Gasteiger partial charge is 0.387 e. The quantitative estimate of drug-likeness (QED) is 0.0751. The second-order valence-corrected chi connectivity index (χ2v) is 12.8. The van der Waals surface area contributed by atoms with Crippen LogP contribution in [0.4, 0.5) is 11.8 Å². The average Bonchev–Trinajstić information content (AvgIpc) is 3.87. The second-order valence-electron chi connectivity index (χ2n) is 12.8. The number of rotatable bonds is 9. The van der Waals surface area contributed by atoms with Crippen LogP contribution in [0.1, 0.15) is 18.7 Å². The molecule has 0 amide bonds. The minimum atomic E-state index is -1.27. The summed E-state index contributed by atoms with van der Waals surface area (Å²) in [6.45, 7) is 0.330. The number of nitrogen functional groups attached to an aromatic ring is 2. The number of anilines is 2. The highest BCUT2D eigenvalue weighted by atomic mass is 16.6. The van der Waals surface area contributed by atoms with Gasteiger partial charge in [0, 0.05) is 39.8 Å². The Labute approximate surface area is 319 Å². The summed E-state index contributed by atoms with van der Waals surface area (Å²) >= 11 is 0. The first-order chi connectivity index (χ1) is 27.1. The molecule has 3 saturated heterocycles. The summed E-state index contributed by atoms with van der Waals surface area (Å²) in [5.41, 5.74) is 8.73. The molecule has 26 nitrogen and oxygen atoms in total. The van der Waals surface area contributed by atoms with Crippen molar-refractivity contribution in [1.82, 2.24) is 38.6 Å². The average molecular weight is 813 g/mol. The van der Waals surface area contributed by atoms with Gasteiger partial charge in [-0.15, -0.1) is 0 Å². The van der Waals surface area contributed by atoms with Gasteiger partial charge >= 0.3 is 11.4 Å². The number of hydrogen-bond donors (Lipinski definition) is 10. The van der Waals surface area contributed by atoms with Crippen LogP contribution in [0, 0.1) is 0 Å². The molecule has 7 heterocycles. The molecule has 0 spiro atoms. The number of aromatic nitrogens is 8. The first kappa shape index (κ1) is 43.2. The zero-order chi connectivity index (χ0) is 41.7. The van der Waals surface area contributed by atoms with Crippen molar-refractivity contribution >= 4 is 22.9 Å². The summed E-state index contributed by atoms with van der Waals surface area (Å²) in [6.07, 6.45) is -8.32. The van der Waals surface area contributed by atoms with Crippen LogP contribution in [-0.2, 0) is 28.4 Å². The summed E-state index contributed by atoms with van der Waals surface area (Å²) in [4.78, 5) is 61.6. The van der Waals surface area contributed by atoms with Gasteiger partial charge < -0.3 is 70.5 Å². The lowest BCUT2D eigenvalue weighted by Crippen LogP contribution is -2.37. The Hall–Kier alpha value is -4.97. The molecule has 57 heavy (non-hydrogen) atoms. The number of imidazole rings is 1. The van der Waals surface area contributed by atoms with Crippen molar-refractivity contribution in [3.63, 3.8) is 0 Å². The number of methoxy groups -OCH3 is 3. The highest BCUT2D eigenvalue weighted by Crippen LogP contribution is 2.32. The third-order valence-electron chi connectivity index (χ3n) is 8.98. The Morgan fingerprint density at radius 3 is 1.61 bits per heavy atom. The van der Waals surface area contributed by atoms with Gasteiger partial charge in [-0.3, -0.25) is 33.3 Å². The predicted octanol–water partition coefficient (Wildman–Crippen LogP) is -6.14. The summed E-state index contributed by atoms with van der Waals surface area (Å²) < 4.78 is 34.4. The van der Waals surface area contributed by atoms with Gasteiger partial charge in [-0.1, -0.05) is 0 Å². The molecule has 0 radical (unpaired) electrons. The normalized spacial score (nSPS) is 30.8. The maximum Gasteiger partial charge on any atom is 0.351 e. The van der Waals surface area contributed by atoms with E-state index in [1.165, 1.54) is 50.7 Å². The van der Waals surface area contributed by atoms with E-state index in [2.05, 4.69) is 19.9 Å². The minimum absolute atomic E-state index is 0.0734. The Morgan fingerprint density at radius 1 is 0.667 bits per heavy atom. The van der Waals surface area contributed by atoms with Crippen LogP contribution >= 0.6 is 0 Å². The predicted molar refractivity (Wildman–Crippen MR) is 190 cm³/mol. The molecule has 0 aromatic carbocycles. The number of H-pyrrole nitrogens is 2. The molecular weight excluding hydrogens is 768 g/mol. The van der Waals surface area contributed by atoms with Crippen LogP contribution in [0.25, 0.3) is 11.2 Å². The Bertz CT molecular complexity index is 2190. The molecule has 3 aliphatic heterocycles. The van der Waals surface area contributed by atoms with Gasteiger partial charge in [-0.2, -0.15) is 9.97 Å². The fourth-order valence-corrected chi connectivity index (χ4v) is 6.16. The first-order valence-electron chi connectivity index (χ1n) is 17.0. The van der Waals surface area contributed by atoms with Crippen molar-refractivity contribution in [2.75, 3.05) is 52.6 Å². The van der Waals surface area contributed by atoms with Crippen LogP contribution in [0.15, 0.2) is 50.0 Å². The number of nitrogens with zero attached hydrogens (tertiary/aromatic N) is 6. The number of aliphatic hydroxyl groups excluding tert-OH is 6. The molecule has 3 aliphatic rings. The smallest absolute Gasteiger partial charge is 0.351 e. The van der Waals surface area contributed by atoms with Crippen molar-refractivity contribution in [2.45, 2.75) is 73.6 Å². The van der Waals surface area contributed by atoms with Gasteiger partial charge in [0.25, 0.3) is 11.1 Å². The standard InChI is InChI=1S/C11H15N5O5.C10H15N3O5.C10H14N2O6/c1-20-2-4-6(17)7(18)10(21-4)16-3-13-5-8(16)14-11(12)15-9(5)19;1-17-4-5-7(14)8(15)9(18-5)13-3-2-6(11)12-10(13)16;1-17-4-5-7(14)8(15)9(18-5)12-3-2-6(13)11-10(12)16/h3-4,6-7,10,17-18H,2H2,1H3,(H3,12,14,15,19);2-3,5,7-9,14-15H,4H2,1H3,(H2,11,12,16);2-3,5,7-9,14-15H,4H2,1H3,(H,11,13,16)/t4?,6-,7?,10?;2*5?,7-,8?,9?/m000/s1. The van der Waals surface area contributed by atoms with Crippen molar-refractivity contribution in [3.05, 3.63) is 72.5 Å². The molecule has 0 saturated carbocycles. The van der Waals surface area contributed by atoms with Crippen LogP contribution in [0.3, 0.4) is 0 Å². The maximum atomic E-state index is 11.7. The van der Waals surface area contributed by atoms with E-state index in [1.807, 2.05) is 4.98 Å². The van der Waals surface area contributed by atoms with E-state index in [-0.39, 0.29) is 42.8 Å². The van der Waals surface area contributed by atoms with Crippen LogP contribution in [-0.4, -0.2) is 165 Å². The zero-order valence-corrected chi connectivity index (χ0v) is 30.5. The van der Waals surface area contributed by atoms with Crippen LogP contribution in [0.2, 0.25) is 0 Å². The maximum absolute atomic E-state index is 11.7. The Balaban J connectivity index is 0.000000164. The van der Waals surface area contributed by atoms with Gasteiger partial charge in [-0.05, 0) is 6.07 Å². The molecule has 3 fully saturated rings. The minimum Gasteiger partial charge on any atom is -0.387 e. The molecule has 7 rings (SSSR count). The number of fused-ring (bicyclic) bond motifs is 1. The topological polar surface area (TPSA) is 382 Å². The summed E-state index contributed by atoms with van der Waals surface area (Å²) in [7, 11) is 4.35. The van der Waals surface area contributed by atoms with E-state index in [1.54, 1.807) is 0 Å². The molecular formula is C31H44N10O16. The lowest BCUT2D eigenvalue weighted by Gasteiger charge is -2.16. The van der Waals surface area contributed by atoms with Crippen molar-refractivity contribution in [1.29, 1.82) is 0 Å². The third kappa shape index (κ3) is 9.27. The molecule has 12 N–H and O–H groups in total. The highest BCUT2D eigenvalue weighted by Gasteiger charge is 2.46. The van der Waals surface area contributed by atoms with Crippen molar-refractivity contribution in [2.24, 2.45) is 0 Å². The summed E-state index contributed by atoms with van der Waals surface area (Å²) in [6, 6.07) is 2.54. The molecule has 0 bridgehead atoms. The van der Waals surface area contributed by atoms with Gasteiger partial charge in [0.2, 0.25) is 5.95 Å². The lowest BCUT2D eigenvalue weighted by molar-refractivity contribution is -0.0614. The molecule has 26 heteroatoms. The van der Waals surface area contributed by atoms with E-state index in [9.17, 15) is 49.8 Å². The lowest BCUT2D eigenvalue weighted by atomic mass is 10.1. The molecule has 12 atom stereocenters. The number of aliphatic hydroxyl groups is 6. The van der Waals surface area contributed by atoms with E-state index in [0.29, 0.717) is 0 Å². The Kier molecular flexibility index (Phi) is 14.0. The van der Waals surface area contributed by atoms with Crippen LogP contribution in [0.5, 0.6) is 0 Å². The van der Waals surface area contributed by atoms with E-state index < -0.39 is 96.1 Å². The zero-order valence-electron chi connectivity index (χ0n) is 30.5. The molecule has 0 aliphatic carbocycles. The van der Waals surface area contributed by atoms with Crippen molar-refractivity contribution < 1.29 is 59.1 Å². The second kappa shape index (κ2) is 18.5. The molecule has 4 aromatic heterocycles. The van der Waals surface area contributed by atoms with Gasteiger partial charge in [-0.25, -0.2) is 14.6 Å². The number of ether oxygens (including phenoxy) is 6. The number of nitrogens with one attached hydrogen (secondary N) is 2. The first-order valence-corrected chi connectivity index (χ1v) is 17.0. The van der Waals surface area contributed by atoms with Gasteiger partial charge in [0.1, 0.15) is 60.8 Å². The summed E-state index contributed by atoms with van der Waals surface area (Å²) in [5, 5.41) is 59.2. The fraction of sp³-hybridized carbons (Fsp3) is 0.581. The number of aromatic amines is 2. The third-order valence-corrected chi connectivity index (χ3v) is 8.98. The van der Waals surface area contributed by atoms with E-state index in [4.69, 9.17) is 39.9 Å². The van der Waals surface area contributed by atoms with Gasteiger partial charge in [0.15, 0.2) is 29.8 Å². The van der Waals surface area contributed by atoms with Crippen molar-refractivity contribution in [3.8, 4) is 0 Å². The Morgan fingerprint density at radius 2 is 1.14 bits per heavy atom. The number of nitrogens with two attached hydrogens (primary N) is 2. The van der Waals surface area contributed by atoms with Gasteiger partial charge in [0.05, 0.1) is 26.1 Å². The van der Waals surface area contributed by atoms with E-state index >= 15 is 0 Å². The molecule has 9 unspecified atom stereocenters. The van der Waals surface area contributed by atoms with E-state index in [0.717, 1.165) is 15.2 Å². The highest BCUT2D eigenvalue weighted by molar-refractivity contribution is 5.70. The fourth-order valence-electron chi connectivity index (χ4n) is 6.16. The molecule has 4 aromatic rings. The summed E-state index contributed by atoms with van der Waals surface area (Å²) in [5.74, 6) is 0.00783.